The van der Waals surface area contributed by atoms with Crippen molar-refractivity contribution in [1.29, 1.82) is 0 Å². The van der Waals surface area contributed by atoms with Crippen molar-refractivity contribution in [1.82, 2.24) is 20.2 Å². The summed E-state index contributed by atoms with van der Waals surface area (Å²) in [6.45, 7) is 2.91. The van der Waals surface area contributed by atoms with E-state index in [4.69, 9.17) is 21.8 Å². The van der Waals surface area contributed by atoms with Crippen molar-refractivity contribution in [3.8, 4) is 28.6 Å². The maximum Gasteiger partial charge on any atom is 0.573 e. The number of nitrogens with zero attached hydrogens (tertiary/aromatic N) is 5. The molecular formula is C31H26F6N6O4S2. The summed E-state index contributed by atoms with van der Waals surface area (Å²) in [4.78, 5) is 28.3. The second-order valence-electron chi connectivity index (χ2n) is 10.4. The first-order chi connectivity index (χ1) is 23.1. The highest BCUT2D eigenvalue weighted by molar-refractivity contribution is 8.15. The lowest BCUT2D eigenvalue weighted by Gasteiger charge is -2.21. The number of nitrogens with one attached hydrogen (secondary N) is 1. The average Bonchev–Trinajstić information content (AvgIpc) is 3.67. The number of benzene rings is 3. The summed E-state index contributed by atoms with van der Waals surface area (Å²) in [6, 6.07) is 17.1. The van der Waals surface area contributed by atoms with Crippen LogP contribution in [0.2, 0.25) is 0 Å². The van der Waals surface area contributed by atoms with Crippen LogP contribution in [0.25, 0.3) is 17.1 Å². The van der Waals surface area contributed by atoms with Crippen molar-refractivity contribution in [2.75, 3.05) is 17.3 Å². The molecule has 1 aliphatic heterocycles. The van der Waals surface area contributed by atoms with Gasteiger partial charge in [0.1, 0.15) is 23.9 Å². The van der Waals surface area contributed by atoms with Crippen LogP contribution in [0, 0.1) is 6.92 Å². The number of thiocarbonyl (C=S) groups is 1. The molecule has 3 aromatic carbocycles. The molecule has 18 heteroatoms. The topological polar surface area (TPSA) is 103 Å². The summed E-state index contributed by atoms with van der Waals surface area (Å²) in [5, 5.41) is 4.50. The Balaban J connectivity index is 1.19. The van der Waals surface area contributed by atoms with E-state index in [1.807, 2.05) is 0 Å². The highest BCUT2D eigenvalue weighted by Gasteiger charge is 2.33. The molecule has 4 aromatic rings. The third-order valence-corrected chi connectivity index (χ3v) is 7.85. The van der Waals surface area contributed by atoms with Crippen LogP contribution < -0.4 is 19.9 Å². The predicted octanol–water partition coefficient (Wildman–Crippen LogP) is 7.48. The molecule has 0 radical (unpaired) electrons. The summed E-state index contributed by atoms with van der Waals surface area (Å²) < 4.78 is 86.0. The van der Waals surface area contributed by atoms with Crippen LogP contribution in [-0.4, -0.2) is 55.9 Å². The molecule has 0 aliphatic carbocycles. The fourth-order valence-corrected chi connectivity index (χ4v) is 5.48. The lowest BCUT2D eigenvalue weighted by molar-refractivity contribution is -0.274. The molecule has 1 saturated heterocycles. The summed E-state index contributed by atoms with van der Waals surface area (Å²) >= 11 is 6.43. The lowest BCUT2D eigenvalue weighted by atomic mass is 10.1. The van der Waals surface area contributed by atoms with Gasteiger partial charge in [-0.05, 0) is 73.6 Å². The molecule has 1 atom stereocenters. The van der Waals surface area contributed by atoms with E-state index >= 15 is 0 Å². The molecule has 1 unspecified atom stereocenters. The number of rotatable bonds is 10. The Bertz CT molecular complexity index is 1830. The molecule has 5 rings (SSSR count). The molecule has 1 N–H and O–H groups in total. The van der Waals surface area contributed by atoms with Gasteiger partial charge in [0.15, 0.2) is 11.0 Å². The molecule has 0 spiro atoms. The lowest BCUT2D eigenvalue weighted by Crippen LogP contribution is -2.32. The molecule has 1 aliphatic rings. The van der Waals surface area contributed by atoms with Gasteiger partial charge >= 0.3 is 12.5 Å². The zero-order chi connectivity index (χ0) is 35.3. The maximum atomic E-state index is 12.8. The van der Waals surface area contributed by atoms with Crippen LogP contribution in [0.4, 0.5) is 32.0 Å². The number of halogens is 6. The van der Waals surface area contributed by atoms with E-state index in [9.17, 15) is 31.1 Å². The summed E-state index contributed by atoms with van der Waals surface area (Å²) in [5.74, 6) is -0.187. The van der Waals surface area contributed by atoms with Crippen LogP contribution in [-0.2, 0) is 9.63 Å². The molecule has 1 aromatic heterocycles. The van der Waals surface area contributed by atoms with Crippen molar-refractivity contribution in [2.45, 2.75) is 38.9 Å². The number of anilines is 1. The minimum absolute atomic E-state index is 0.0390. The van der Waals surface area contributed by atoms with Gasteiger partial charge in [-0.2, -0.15) is 18.2 Å². The Morgan fingerprint density at radius 1 is 1.06 bits per heavy atom. The zero-order valence-electron chi connectivity index (χ0n) is 25.6. The Hall–Kier alpha value is -4.68. The van der Waals surface area contributed by atoms with Crippen LogP contribution in [0.15, 0.2) is 78.0 Å². The Morgan fingerprint density at radius 3 is 2.45 bits per heavy atom. The molecule has 1 fully saturated rings. The fourth-order valence-electron chi connectivity index (χ4n) is 4.42. The van der Waals surface area contributed by atoms with Gasteiger partial charge in [-0.3, -0.25) is 14.5 Å². The number of amidine groups is 1. The number of amides is 1. The van der Waals surface area contributed by atoms with Crippen LogP contribution in [0.3, 0.4) is 0 Å². The van der Waals surface area contributed by atoms with Crippen LogP contribution in [0.1, 0.15) is 30.6 Å². The number of hydrogen-bond acceptors (Lipinski definition) is 8. The normalized spacial score (nSPS) is 15.1. The van der Waals surface area contributed by atoms with Crippen molar-refractivity contribution in [3.05, 3.63) is 84.2 Å². The molecule has 258 valence electrons. The number of carbonyl (C=O) groups excluding carboxylic acids is 1. The SMILES string of the molecule is Cc1ccc(OCCC(F)(F)F)c(N2C(=O)CS/C2=N\C(=S)NOC(C)c2ccc(-c3ncn(-c4ccc(OC(F)(F)F)cc4)n3)cc2)c1. The third kappa shape index (κ3) is 9.70. The second-order valence-corrected chi connectivity index (χ2v) is 11.8. The molecule has 49 heavy (non-hydrogen) atoms. The summed E-state index contributed by atoms with van der Waals surface area (Å²) in [7, 11) is 0. The Kier molecular flexibility index (Phi) is 10.8. The van der Waals surface area contributed by atoms with Crippen molar-refractivity contribution in [3.63, 3.8) is 0 Å². The number of ether oxygens (including phenoxy) is 2. The molecule has 0 saturated carbocycles. The Labute approximate surface area is 285 Å². The predicted molar refractivity (Wildman–Crippen MR) is 173 cm³/mol. The van der Waals surface area contributed by atoms with Gasteiger partial charge in [0.2, 0.25) is 11.0 Å². The van der Waals surface area contributed by atoms with Gasteiger partial charge in [-0.15, -0.1) is 18.3 Å². The minimum Gasteiger partial charge on any atom is -0.491 e. The van der Waals surface area contributed by atoms with Gasteiger partial charge in [0.25, 0.3) is 0 Å². The number of hydroxylamine groups is 1. The maximum absolute atomic E-state index is 12.8. The number of carbonyl (C=O) groups is 1. The standard InChI is InChI=1S/C31H26F6N6O4S2/c1-18-3-12-25(45-14-13-30(32,33)34)24(15-18)43-26(44)16-49-29(43)39-28(48)41-47-19(2)20-4-6-21(7-5-20)27-38-17-42(40-27)22-8-10-23(11-9-22)46-31(35,36)37/h3-12,15,17,19H,13-14,16H2,1-2H3,(H,41,48)/b39-29-. The summed E-state index contributed by atoms with van der Waals surface area (Å²) in [6.07, 6.45) is -9.42. The largest absolute Gasteiger partial charge is 0.573 e. The highest BCUT2D eigenvalue weighted by Crippen LogP contribution is 2.36. The molecule has 2 heterocycles. The minimum atomic E-state index is -4.79. The highest BCUT2D eigenvalue weighted by atomic mass is 32.2. The first-order valence-corrected chi connectivity index (χ1v) is 15.7. The smallest absolute Gasteiger partial charge is 0.491 e. The number of aromatic nitrogens is 3. The summed E-state index contributed by atoms with van der Waals surface area (Å²) in [5.41, 5.74) is 5.50. The fraction of sp³-hybridized carbons (Fsp3) is 0.258. The second kappa shape index (κ2) is 14.8. The number of hydrogen-bond donors (Lipinski definition) is 1. The van der Waals surface area contributed by atoms with Crippen molar-refractivity contribution in [2.24, 2.45) is 4.99 Å². The van der Waals surface area contributed by atoms with E-state index in [2.05, 4.69) is 25.3 Å². The molecule has 0 bridgehead atoms. The van der Waals surface area contributed by atoms with E-state index in [-0.39, 0.29) is 39.1 Å². The van der Waals surface area contributed by atoms with Crippen molar-refractivity contribution < 1.29 is 45.4 Å². The van der Waals surface area contributed by atoms with Crippen LogP contribution >= 0.6 is 24.0 Å². The Morgan fingerprint density at radius 2 is 1.78 bits per heavy atom. The van der Waals surface area contributed by atoms with E-state index in [0.717, 1.165) is 22.9 Å². The van der Waals surface area contributed by atoms with E-state index in [1.165, 1.54) is 46.2 Å². The van der Waals surface area contributed by atoms with Crippen LogP contribution in [0.5, 0.6) is 11.5 Å². The van der Waals surface area contributed by atoms with Gasteiger partial charge in [0, 0.05) is 5.56 Å². The molecule has 10 nitrogen and oxygen atoms in total. The first kappa shape index (κ1) is 35.6. The third-order valence-electron chi connectivity index (χ3n) is 6.75. The number of alkyl halides is 6. The zero-order valence-corrected chi connectivity index (χ0v) is 27.2. The van der Waals surface area contributed by atoms with Gasteiger partial charge in [0.05, 0.1) is 30.2 Å². The van der Waals surface area contributed by atoms with E-state index in [0.29, 0.717) is 17.1 Å². The van der Waals surface area contributed by atoms with E-state index < -0.39 is 31.7 Å². The van der Waals surface area contributed by atoms with Gasteiger partial charge in [-0.1, -0.05) is 42.1 Å². The monoisotopic (exact) mass is 724 g/mol. The molecule has 1 amide bonds. The van der Waals surface area contributed by atoms with E-state index in [1.54, 1.807) is 50.2 Å². The number of aryl methyl sites for hydroxylation is 1. The average molecular weight is 725 g/mol. The number of aliphatic imine (C=N–C) groups is 1. The quantitative estimate of drug-likeness (QED) is 0.101. The number of thioether (sulfide) groups is 1. The van der Waals surface area contributed by atoms with Gasteiger partial charge in [-0.25, -0.2) is 15.1 Å². The van der Waals surface area contributed by atoms with Gasteiger partial charge < -0.3 is 9.47 Å². The molecular weight excluding hydrogens is 699 g/mol. The van der Waals surface area contributed by atoms with Crippen molar-refractivity contribution >= 4 is 45.9 Å². The first-order valence-electron chi connectivity index (χ1n) is 14.3.